The van der Waals surface area contributed by atoms with Crippen molar-refractivity contribution in [2.75, 3.05) is 5.32 Å². The molecule has 0 aromatic carbocycles. The fourth-order valence-electron chi connectivity index (χ4n) is 2.95. The van der Waals surface area contributed by atoms with Gasteiger partial charge in [-0.15, -0.1) is 0 Å². The smallest absolute Gasteiger partial charge is 0.433 e. The lowest BCUT2D eigenvalue weighted by Crippen LogP contribution is -2.52. The topological polar surface area (TPSA) is 157 Å². The van der Waals surface area contributed by atoms with Crippen LogP contribution in [0.1, 0.15) is 30.2 Å². The normalized spacial score (nSPS) is 19.0. The van der Waals surface area contributed by atoms with Crippen molar-refractivity contribution in [3.63, 3.8) is 0 Å². The molecule has 1 aliphatic heterocycles. The lowest BCUT2D eigenvalue weighted by molar-refractivity contribution is -0.402. The highest BCUT2D eigenvalue weighted by molar-refractivity contribution is 6.02. The SMILES string of the molecule is CC1CC(=O)NC(n2nc(-c3ccco3)cc2NC(=O)c2ccc([N+](=O)[O-])o2)N1. The van der Waals surface area contributed by atoms with E-state index in [-0.39, 0.29) is 23.5 Å². The second kappa shape index (κ2) is 7.24. The maximum atomic E-state index is 12.5. The maximum absolute atomic E-state index is 12.5. The lowest BCUT2D eigenvalue weighted by Gasteiger charge is -2.30. The molecule has 1 saturated heterocycles. The average molecular weight is 400 g/mol. The van der Waals surface area contributed by atoms with Crippen LogP contribution < -0.4 is 16.0 Å². The highest BCUT2D eigenvalue weighted by Gasteiger charge is 2.28. The molecule has 4 rings (SSSR count). The average Bonchev–Trinajstić information content (AvgIpc) is 3.41. The Morgan fingerprint density at radius 3 is 2.90 bits per heavy atom. The van der Waals surface area contributed by atoms with Gasteiger partial charge in [0.2, 0.25) is 5.91 Å². The van der Waals surface area contributed by atoms with Gasteiger partial charge in [-0.1, -0.05) is 0 Å². The van der Waals surface area contributed by atoms with E-state index in [4.69, 9.17) is 8.83 Å². The van der Waals surface area contributed by atoms with Crippen molar-refractivity contribution in [2.45, 2.75) is 25.7 Å². The van der Waals surface area contributed by atoms with E-state index in [1.165, 1.54) is 17.0 Å². The summed E-state index contributed by atoms with van der Waals surface area (Å²) in [6.07, 6.45) is 1.08. The van der Waals surface area contributed by atoms with Gasteiger partial charge in [0, 0.05) is 18.5 Å². The summed E-state index contributed by atoms with van der Waals surface area (Å²) in [5, 5.41) is 23.7. The number of furan rings is 2. The molecule has 0 saturated carbocycles. The van der Waals surface area contributed by atoms with Crippen molar-refractivity contribution in [3.8, 4) is 11.5 Å². The van der Waals surface area contributed by atoms with Crippen molar-refractivity contribution < 1.29 is 23.3 Å². The Balaban J connectivity index is 1.66. The predicted octanol–water partition coefficient (Wildman–Crippen LogP) is 1.85. The summed E-state index contributed by atoms with van der Waals surface area (Å²) >= 11 is 0. The molecule has 0 spiro atoms. The molecule has 1 aliphatic rings. The third-order valence-electron chi connectivity index (χ3n) is 4.22. The van der Waals surface area contributed by atoms with Crippen molar-refractivity contribution >= 4 is 23.5 Å². The number of nitrogens with zero attached hydrogens (tertiary/aromatic N) is 3. The number of nitro groups is 1. The van der Waals surface area contributed by atoms with Crippen LogP contribution in [0.5, 0.6) is 0 Å². The second-order valence-corrected chi connectivity index (χ2v) is 6.43. The van der Waals surface area contributed by atoms with Crippen molar-refractivity contribution in [3.05, 3.63) is 52.5 Å². The van der Waals surface area contributed by atoms with Gasteiger partial charge in [0.1, 0.15) is 16.4 Å². The van der Waals surface area contributed by atoms with Crippen molar-refractivity contribution in [2.24, 2.45) is 0 Å². The molecule has 2 atom stereocenters. The molecule has 150 valence electrons. The van der Waals surface area contributed by atoms with E-state index in [1.54, 1.807) is 18.2 Å². The van der Waals surface area contributed by atoms with Gasteiger partial charge in [-0.05, 0) is 25.1 Å². The molecule has 0 aliphatic carbocycles. The van der Waals surface area contributed by atoms with E-state index in [2.05, 4.69) is 21.0 Å². The Hall–Kier alpha value is -3.93. The number of hydrogen-bond donors (Lipinski definition) is 3. The standard InChI is InChI=1S/C17H16N6O6/c1-9-7-14(24)20-17(18-9)22-13(8-10(21-22)11-3-2-6-28-11)19-16(25)12-4-5-15(29-12)23(26)27/h2-6,8-9,17-18H,7H2,1H3,(H,19,25)(H,20,24). The first-order chi connectivity index (χ1) is 13.9. The fourth-order valence-corrected chi connectivity index (χ4v) is 2.95. The molecule has 4 heterocycles. The number of aromatic nitrogens is 2. The largest absolute Gasteiger partial charge is 0.463 e. The summed E-state index contributed by atoms with van der Waals surface area (Å²) in [5.74, 6) is -0.973. The van der Waals surface area contributed by atoms with E-state index in [9.17, 15) is 19.7 Å². The molecule has 12 heteroatoms. The van der Waals surface area contributed by atoms with E-state index in [0.717, 1.165) is 6.07 Å². The number of nitrogens with one attached hydrogen (secondary N) is 3. The molecular weight excluding hydrogens is 384 g/mol. The second-order valence-electron chi connectivity index (χ2n) is 6.43. The summed E-state index contributed by atoms with van der Waals surface area (Å²) in [6.45, 7) is 1.85. The molecule has 2 amide bonds. The third kappa shape index (κ3) is 3.73. The van der Waals surface area contributed by atoms with E-state index in [0.29, 0.717) is 17.9 Å². The quantitative estimate of drug-likeness (QED) is 0.432. The summed E-state index contributed by atoms with van der Waals surface area (Å²) in [5.41, 5.74) is 0.421. The van der Waals surface area contributed by atoms with Crippen LogP contribution in [0.4, 0.5) is 11.7 Å². The Morgan fingerprint density at radius 1 is 1.41 bits per heavy atom. The van der Waals surface area contributed by atoms with Gasteiger partial charge in [-0.2, -0.15) is 5.10 Å². The van der Waals surface area contributed by atoms with Crippen LogP contribution in [0.3, 0.4) is 0 Å². The van der Waals surface area contributed by atoms with Crippen LogP contribution in [0.25, 0.3) is 11.5 Å². The molecule has 29 heavy (non-hydrogen) atoms. The number of carbonyl (C=O) groups is 2. The number of hydrogen-bond acceptors (Lipinski definition) is 8. The zero-order chi connectivity index (χ0) is 20.5. The molecule has 0 radical (unpaired) electrons. The molecule has 3 N–H and O–H groups in total. The molecular formula is C17H16N6O6. The fraction of sp³-hybridized carbons (Fsp3) is 0.235. The van der Waals surface area contributed by atoms with E-state index in [1.807, 2.05) is 6.92 Å². The zero-order valence-corrected chi connectivity index (χ0v) is 15.1. The molecule has 3 aromatic heterocycles. The predicted molar refractivity (Wildman–Crippen MR) is 97.6 cm³/mol. The molecule has 12 nitrogen and oxygen atoms in total. The highest BCUT2D eigenvalue weighted by atomic mass is 16.6. The van der Waals surface area contributed by atoms with Gasteiger partial charge in [0.15, 0.2) is 17.8 Å². The van der Waals surface area contributed by atoms with Gasteiger partial charge >= 0.3 is 5.88 Å². The summed E-state index contributed by atoms with van der Waals surface area (Å²) in [6, 6.07) is 7.12. The summed E-state index contributed by atoms with van der Waals surface area (Å²) in [7, 11) is 0. The molecule has 0 bridgehead atoms. The van der Waals surface area contributed by atoms with Crippen LogP contribution in [0.15, 0.2) is 45.4 Å². The van der Waals surface area contributed by atoms with E-state index < -0.39 is 23.0 Å². The molecule has 2 unspecified atom stereocenters. The first kappa shape index (κ1) is 18.4. The molecule has 1 fully saturated rings. The number of rotatable bonds is 5. The Morgan fingerprint density at radius 2 is 2.24 bits per heavy atom. The lowest BCUT2D eigenvalue weighted by atomic mass is 10.2. The van der Waals surface area contributed by atoms with Crippen LogP contribution in [0, 0.1) is 10.1 Å². The maximum Gasteiger partial charge on any atom is 0.433 e. The minimum atomic E-state index is -0.737. The Kier molecular flexibility index (Phi) is 4.60. The summed E-state index contributed by atoms with van der Waals surface area (Å²) < 4.78 is 11.7. The Labute approximate surface area is 163 Å². The molecule has 3 aromatic rings. The van der Waals surface area contributed by atoms with Crippen LogP contribution in [0.2, 0.25) is 0 Å². The van der Waals surface area contributed by atoms with Crippen molar-refractivity contribution in [1.29, 1.82) is 0 Å². The number of amides is 2. The number of carbonyl (C=O) groups excluding carboxylic acids is 2. The van der Waals surface area contributed by atoms with Crippen LogP contribution in [-0.4, -0.2) is 32.6 Å². The third-order valence-corrected chi connectivity index (χ3v) is 4.22. The summed E-state index contributed by atoms with van der Waals surface area (Å²) in [4.78, 5) is 34.5. The first-order valence-electron chi connectivity index (χ1n) is 8.65. The van der Waals surface area contributed by atoms with Gasteiger partial charge in [-0.3, -0.25) is 25.0 Å². The number of anilines is 1. The van der Waals surface area contributed by atoms with Gasteiger partial charge in [0.05, 0.1) is 12.3 Å². The van der Waals surface area contributed by atoms with Gasteiger partial charge < -0.3 is 19.5 Å². The van der Waals surface area contributed by atoms with Gasteiger partial charge in [0.25, 0.3) is 5.91 Å². The van der Waals surface area contributed by atoms with Gasteiger partial charge in [-0.25, -0.2) is 4.68 Å². The monoisotopic (exact) mass is 400 g/mol. The van der Waals surface area contributed by atoms with Crippen molar-refractivity contribution in [1.82, 2.24) is 20.4 Å². The zero-order valence-electron chi connectivity index (χ0n) is 15.1. The Bertz CT molecular complexity index is 1070. The minimum Gasteiger partial charge on any atom is -0.463 e. The van der Waals surface area contributed by atoms with E-state index >= 15 is 0 Å². The first-order valence-corrected chi connectivity index (χ1v) is 8.65. The van der Waals surface area contributed by atoms with Crippen LogP contribution >= 0.6 is 0 Å². The highest BCUT2D eigenvalue weighted by Crippen LogP contribution is 2.26. The van der Waals surface area contributed by atoms with Crippen LogP contribution in [-0.2, 0) is 4.79 Å². The minimum absolute atomic E-state index is 0.110.